The van der Waals surface area contributed by atoms with E-state index in [-0.39, 0.29) is 6.04 Å². The van der Waals surface area contributed by atoms with Crippen LogP contribution in [-0.4, -0.2) is 74.6 Å². The van der Waals surface area contributed by atoms with Crippen LogP contribution >= 0.6 is 11.6 Å². The van der Waals surface area contributed by atoms with E-state index in [1.165, 1.54) is 4.31 Å². The van der Waals surface area contributed by atoms with E-state index in [0.29, 0.717) is 19.0 Å². The van der Waals surface area contributed by atoms with Crippen molar-refractivity contribution in [2.75, 3.05) is 46.7 Å². The van der Waals surface area contributed by atoms with Crippen molar-refractivity contribution in [3.05, 3.63) is 0 Å². The zero-order valence-corrected chi connectivity index (χ0v) is 13.0. The molecule has 0 spiro atoms. The summed E-state index contributed by atoms with van der Waals surface area (Å²) in [5, 5.41) is 0. The summed E-state index contributed by atoms with van der Waals surface area (Å²) in [6, 6.07) is -0.0489. The molecule has 0 amide bonds. The van der Waals surface area contributed by atoms with Gasteiger partial charge in [-0.1, -0.05) is 6.42 Å². The average molecular weight is 298 g/mol. The molecule has 0 N–H and O–H groups in total. The molecule has 7 heteroatoms. The Labute approximate surface area is 116 Å². The Morgan fingerprint density at radius 1 is 1.22 bits per heavy atom. The Kier molecular flexibility index (Phi) is 6.34. The molecule has 0 aromatic heterocycles. The number of alkyl halides is 1. The molecule has 0 aromatic rings. The predicted molar refractivity (Wildman–Crippen MR) is 75.2 cm³/mol. The third kappa shape index (κ3) is 4.06. The standard InChI is InChI=1S/C11H24ClN3O2S/c1-13(2)8-9-14(3)18(16,17)15-7-5-4-6-11(15)10-12/h11H,4-10H2,1-3H3. The van der Waals surface area contributed by atoms with E-state index >= 15 is 0 Å². The first kappa shape index (κ1) is 16.2. The van der Waals surface area contributed by atoms with Gasteiger partial charge in [-0.3, -0.25) is 0 Å². The van der Waals surface area contributed by atoms with Crippen LogP contribution in [0.4, 0.5) is 0 Å². The summed E-state index contributed by atoms with van der Waals surface area (Å²) in [5.74, 6) is 0.376. The van der Waals surface area contributed by atoms with E-state index < -0.39 is 10.2 Å². The minimum Gasteiger partial charge on any atom is -0.308 e. The van der Waals surface area contributed by atoms with Crippen molar-refractivity contribution in [1.82, 2.24) is 13.5 Å². The lowest BCUT2D eigenvalue weighted by Crippen LogP contribution is -2.51. The number of piperidine rings is 1. The topological polar surface area (TPSA) is 43.9 Å². The van der Waals surface area contributed by atoms with E-state index in [1.807, 2.05) is 19.0 Å². The molecule has 1 heterocycles. The van der Waals surface area contributed by atoms with E-state index in [0.717, 1.165) is 25.8 Å². The van der Waals surface area contributed by atoms with E-state index in [1.54, 1.807) is 11.4 Å². The van der Waals surface area contributed by atoms with Gasteiger partial charge in [-0.05, 0) is 26.9 Å². The number of likely N-dealkylation sites (N-methyl/N-ethyl adjacent to an activating group) is 2. The second kappa shape index (κ2) is 7.05. The van der Waals surface area contributed by atoms with Gasteiger partial charge in [-0.15, -0.1) is 11.6 Å². The van der Waals surface area contributed by atoms with Crippen molar-refractivity contribution < 1.29 is 8.42 Å². The molecule has 1 aliphatic heterocycles. The van der Waals surface area contributed by atoms with E-state index in [9.17, 15) is 8.42 Å². The van der Waals surface area contributed by atoms with Crippen molar-refractivity contribution in [3.63, 3.8) is 0 Å². The van der Waals surface area contributed by atoms with Gasteiger partial charge in [-0.2, -0.15) is 17.0 Å². The molecule has 1 fully saturated rings. The van der Waals surface area contributed by atoms with E-state index in [4.69, 9.17) is 11.6 Å². The number of halogens is 1. The van der Waals surface area contributed by atoms with Crippen LogP contribution in [0, 0.1) is 0 Å². The first-order valence-corrected chi connectivity index (χ1v) is 8.26. The molecule has 1 saturated heterocycles. The Morgan fingerprint density at radius 2 is 1.89 bits per heavy atom. The van der Waals surface area contributed by atoms with Gasteiger partial charge in [0, 0.05) is 38.6 Å². The van der Waals surface area contributed by atoms with Gasteiger partial charge < -0.3 is 4.90 Å². The zero-order valence-electron chi connectivity index (χ0n) is 11.5. The SMILES string of the molecule is CN(C)CCN(C)S(=O)(=O)N1CCCCC1CCl. The fraction of sp³-hybridized carbons (Fsp3) is 1.00. The molecule has 1 unspecified atom stereocenters. The Morgan fingerprint density at radius 3 is 2.44 bits per heavy atom. The van der Waals surface area contributed by atoms with Crippen molar-refractivity contribution in [3.8, 4) is 0 Å². The largest absolute Gasteiger partial charge is 0.308 e. The van der Waals surface area contributed by atoms with Crippen LogP contribution in [0.3, 0.4) is 0 Å². The molecule has 5 nitrogen and oxygen atoms in total. The first-order chi connectivity index (χ1) is 8.39. The average Bonchev–Trinajstić information content (AvgIpc) is 2.35. The van der Waals surface area contributed by atoms with Crippen LogP contribution in [-0.2, 0) is 10.2 Å². The number of rotatable bonds is 6. The summed E-state index contributed by atoms with van der Waals surface area (Å²) in [4.78, 5) is 1.97. The number of nitrogens with zero attached hydrogens (tertiary/aromatic N) is 3. The molecule has 0 aliphatic carbocycles. The zero-order chi connectivity index (χ0) is 13.8. The van der Waals surface area contributed by atoms with Crippen LogP contribution in [0.2, 0.25) is 0 Å². The quantitative estimate of drug-likeness (QED) is 0.682. The van der Waals surface area contributed by atoms with Crippen LogP contribution in [0.1, 0.15) is 19.3 Å². The van der Waals surface area contributed by atoms with Gasteiger partial charge in [0.05, 0.1) is 0 Å². The molecule has 1 atom stereocenters. The van der Waals surface area contributed by atoms with Gasteiger partial charge in [0.25, 0.3) is 10.2 Å². The van der Waals surface area contributed by atoms with Crippen LogP contribution < -0.4 is 0 Å². The molecule has 0 radical (unpaired) electrons. The summed E-state index contributed by atoms with van der Waals surface area (Å²) in [5.41, 5.74) is 0. The minimum atomic E-state index is -3.36. The molecule has 1 aliphatic rings. The van der Waals surface area contributed by atoms with E-state index in [2.05, 4.69) is 0 Å². The Bertz CT molecular complexity index is 348. The van der Waals surface area contributed by atoms with Crippen molar-refractivity contribution in [2.24, 2.45) is 0 Å². The molecule has 18 heavy (non-hydrogen) atoms. The summed E-state index contributed by atoms with van der Waals surface area (Å²) < 4.78 is 27.9. The van der Waals surface area contributed by atoms with Crippen molar-refractivity contribution in [1.29, 1.82) is 0 Å². The van der Waals surface area contributed by atoms with Crippen molar-refractivity contribution in [2.45, 2.75) is 25.3 Å². The normalized spacial score (nSPS) is 22.9. The highest BCUT2D eigenvalue weighted by Crippen LogP contribution is 2.22. The molecule has 0 aromatic carbocycles. The summed E-state index contributed by atoms with van der Waals surface area (Å²) in [6.07, 6.45) is 2.85. The fourth-order valence-electron chi connectivity index (χ4n) is 2.07. The summed E-state index contributed by atoms with van der Waals surface area (Å²) in [6.45, 7) is 1.81. The van der Waals surface area contributed by atoms with Gasteiger partial charge >= 0.3 is 0 Å². The smallest absolute Gasteiger partial charge is 0.282 e. The maximum Gasteiger partial charge on any atom is 0.282 e. The summed E-state index contributed by atoms with van der Waals surface area (Å²) in [7, 11) is 2.14. The maximum absolute atomic E-state index is 12.4. The number of hydrogen-bond donors (Lipinski definition) is 0. The van der Waals surface area contributed by atoms with Crippen molar-refractivity contribution >= 4 is 21.8 Å². The van der Waals surface area contributed by atoms with Gasteiger partial charge in [0.1, 0.15) is 0 Å². The lowest BCUT2D eigenvalue weighted by atomic mass is 10.1. The highest BCUT2D eigenvalue weighted by atomic mass is 35.5. The second-order valence-corrected chi connectivity index (χ2v) is 7.34. The third-order valence-electron chi connectivity index (χ3n) is 3.30. The lowest BCUT2D eigenvalue weighted by molar-refractivity contribution is 0.248. The third-order valence-corrected chi connectivity index (χ3v) is 5.70. The Balaban J connectivity index is 2.71. The summed E-state index contributed by atoms with van der Waals surface area (Å²) >= 11 is 5.88. The lowest BCUT2D eigenvalue weighted by Gasteiger charge is -2.36. The van der Waals surface area contributed by atoms with Gasteiger partial charge in [0.15, 0.2) is 0 Å². The molecule has 1 rings (SSSR count). The molecular formula is C11H24ClN3O2S. The van der Waals surface area contributed by atoms with Gasteiger partial charge in [-0.25, -0.2) is 0 Å². The highest BCUT2D eigenvalue weighted by molar-refractivity contribution is 7.86. The highest BCUT2D eigenvalue weighted by Gasteiger charge is 2.34. The van der Waals surface area contributed by atoms with Crippen LogP contribution in [0.5, 0.6) is 0 Å². The molecule has 108 valence electrons. The van der Waals surface area contributed by atoms with Gasteiger partial charge in [0.2, 0.25) is 0 Å². The maximum atomic E-state index is 12.4. The second-order valence-electron chi connectivity index (χ2n) is 5.05. The minimum absolute atomic E-state index is 0.0489. The fourth-order valence-corrected chi connectivity index (χ4v) is 4.06. The first-order valence-electron chi connectivity index (χ1n) is 6.33. The molecular weight excluding hydrogens is 274 g/mol. The van der Waals surface area contributed by atoms with Crippen LogP contribution in [0.15, 0.2) is 0 Å². The Hall–Kier alpha value is 0.120. The molecule has 0 saturated carbocycles. The molecule has 0 bridgehead atoms. The predicted octanol–water partition coefficient (Wildman–Crippen LogP) is 0.818. The monoisotopic (exact) mass is 297 g/mol. The number of hydrogen-bond acceptors (Lipinski definition) is 3. The van der Waals surface area contributed by atoms with Crippen LogP contribution in [0.25, 0.3) is 0 Å².